The fourth-order valence-corrected chi connectivity index (χ4v) is 1.38. The van der Waals surface area contributed by atoms with E-state index in [4.69, 9.17) is 0 Å². The number of esters is 1. The van der Waals surface area contributed by atoms with E-state index in [1.807, 2.05) is 6.92 Å². The molecule has 0 saturated carbocycles. The lowest BCUT2D eigenvalue weighted by Gasteiger charge is -2.32. The molecule has 1 rings (SSSR count). The summed E-state index contributed by atoms with van der Waals surface area (Å²) in [5, 5.41) is 5.70. The van der Waals surface area contributed by atoms with Crippen LogP contribution in [0.1, 0.15) is 26.7 Å². The number of hydrogen-bond acceptors (Lipinski definition) is 4. The van der Waals surface area contributed by atoms with Gasteiger partial charge >= 0.3 is 5.97 Å². The van der Waals surface area contributed by atoms with Crippen molar-refractivity contribution in [3.8, 4) is 0 Å². The van der Waals surface area contributed by atoms with E-state index in [0.717, 1.165) is 13.0 Å². The third-order valence-electron chi connectivity index (χ3n) is 2.88. The molecule has 5 nitrogen and oxygen atoms in total. The Morgan fingerprint density at radius 1 is 1.60 bits per heavy atom. The van der Waals surface area contributed by atoms with Gasteiger partial charge in [0.1, 0.15) is 5.54 Å². The largest absolute Gasteiger partial charge is 0.467 e. The van der Waals surface area contributed by atoms with Crippen LogP contribution in [0, 0.1) is 0 Å². The Hall–Kier alpha value is -1.10. The van der Waals surface area contributed by atoms with Crippen LogP contribution < -0.4 is 10.6 Å². The van der Waals surface area contributed by atoms with Crippen molar-refractivity contribution in [3.05, 3.63) is 0 Å². The third kappa shape index (κ3) is 2.47. The normalized spacial score (nSPS) is 23.5. The van der Waals surface area contributed by atoms with Gasteiger partial charge in [-0.3, -0.25) is 4.79 Å². The van der Waals surface area contributed by atoms with Gasteiger partial charge in [0.15, 0.2) is 0 Å². The van der Waals surface area contributed by atoms with Crippen molar-refractivity contribution in [2.24, 2.45) is 0 Å². The lowest BCUT2D eigenvalue weighted by Crippen LogP contribution is -2.60. The molecule has 0 radical (unpaired) electrons. The van der Waals surface area contributed by atoms with E-state index in [-0.39, 0.29) is 11.9 Å². The highest BCUT2D eigenvalue weighted by Crippen LogP contribution is 2.13. The first kappa shape index (κ1) is 12.0. The number of methoxy groups -OCH3 is 1. The van der Waals surface area contributed by atoms with Crippen molar-refractivity contribution in [1.82, 2.24) is 10.6 Å². The molecular weight excluding hydrogens is 196 g/mol. The minimum atomic E-state index is -0.914. The second-order valence-corrected chi connectivity index (χ2v) is 3.96. The summed E-state index contributed by atoms with van der Waals surface area (Å²) in [6.07, 6.45) is 1.34. The van der Waals surface area contributed by atoms with Gasteiger partial charge in [-0.2, -0.15) is 0 Å². The van der Waals surface area contributed by atoms with Crippen molar-refractivity contribution in [2.45, 2.75) is 38.3 Å². The molecule has 0 aliphatic carbocycles. The zero-order valence-electron chi connectivity index (χ0n) is 9.42. The summed E-state index contributed by atoms with van der Waals surface area (Å²) in [5.74, 6) is -0.534. The zero-order valence-corrected chi connectivity index (χ0v) is 9.42. The number of rotatable bonds is 4. The van der Waals surface area contributed by atoms with Crippen LogP contribution in [0.25, 0.3) is 0 Å². The number of hydrogen-bond donors (Lipinski definition) is 2. The molecule has 15 heavy (non-hydrogen) atoms. The topological polar surface area (TPSA) is 67.4 Å². The van der Waals surface area contributed by atoms with Gasteiger partial charge in [-0.05, 0) is 26.3 Å². The SMILES string of the molecule is CCC(C)(NC(=O)[C@H]1CCN1)C(=O)OC. The summed E-state index contributed by atoms with van der Waals surface area (Å²) in [6, 6.07) is -0.152. The summed E-state index contributed by atoms with van der Waals surface area (Å²) in [5.41, 5.74) is -0.914. The van der Waals surface area contributed by atoms with E-state index in [1.165, 1.54) is 7.11 Å². The molecule has 0 aromatic heterocycles. The smallest absolute Gasteiger partial charge is 0.331 e. The average Bonchev–Trinajstić information content (AvgIpc) is 2.13. The Labute approximate surface area is 89.6 Å². The van der Waals surface area contributed by atoms with Gasteiger partial charge in [0.05, 0.1) is 13.2 Å². The quantitative estimate of drug-likeness (QED) is 0.636. The molecule has 0 bridgehead atoms. The molecule has 1 saturated heterocycles. The van der Waals surface area contributed by atoms with Crippen LogP contribution in [0.3, 0.4) is 0 Å². The van der Waals surface area contributed by atoms with Crippen molar-refractivity contribution >= 4 is 11.9 Å². The molecule has 0 aromatic rings. The zero-order chi connectivity index (χ0) is 11.5. The summed E-state index contributed by atoms with van der Waals surface area (Å²) >= 11 is 0. The third-order valence-corrected chi connectivity index (χ3v) is 2.88. The number of amides is 1. The Bertz CT molecular complexity index is 263. The van der Waals surface area contributed by atoms with Crippen LogP contribution in [-0.2, 0) is 14.3 Å². The Kier molecular flexibility index (Phi) is 3.68. The Morgan fingerprint density at radius 2 is 2.20 bits per heavy atom. The maximum absolute atomic E-state index is 11.6. The minimum Gasteiger partial charge on any atom is -0.467 e. The molecule has 1 fully saturated rings. The highest BCUT2D eigenvalue weighted by atomic mass is 16.5. The minimum absolute atomic E-state index is 0.129. The summed E-state index contributed by atoms with van der Waals surface area (Å²) in [4.78, 5) is 23.1. The summed E-state index contributed by atoms with van der Waals surface area (Å²) in [7, 11) is 1.32. The van der Waals surface area contributed by atoms with Gasteiger partial charge in [-0.25, -0.2) is 4.79 Å². The van der Waals surface area contributed by atoms with Crippen molar-refractivity contribution in [3.63, 3.8) is 0 Å². The Morgan fingerprint density at radius 3 is 2.53 bits per heavy atom. The summed E-state index contributed by atoms with van der Waals surface area (Å²) in [6.45, 7) is 4.37. The van der Waals surface area contributed by atoms with Gasteiger partial charge in [0, 0.05) is 0 Å². The first-order chi connectivity index (χ1) is 7.03. The molecule has 1 heterocycles. The number of carbonyl (C=O) groups excluding carboxylic acids is 2. The average molecular weight is 214 g/mol. The van der Waals surface area contributed by atoms with Crippen molar-refractivity contribution < 1.29 is 14.3 Å². The standard InChI is InChI=1S/C10H18N2O3/c1-4-10(2,9(14)15-3)12-8(13)7-5-6-11-7/h7,11H,4-6H2,1-3H3,(H,12,13)/t7-,10?/m1/s1. The van der Waals surface area contributed by atoms with E-state index in [1.54, 1.807) is 6.92 Å². The molecule has 2 N–H and O–H groups in total. The van der Waals surface area contributed by atoms with Crippen molar-refractivity contribution in [1.29, 1.82) is 0 Å². The number of carbonyl (C=O) groups is 2. The molecule has 1 aliphatic heterocycles. The highest BCUT2D eigenvalue weighted by molar-refractivity contribution is 5.90. The van der Waals surface area contributed by atoms with Crippen LogP contribution in [0.4, 0.5) is 0 Å². The van der Waals surface area contributed by atoms with E-state index < -0.39 is 11.5 Å². The van der Waals surface area contributed by atoms with Gasteiger partial charge in [-0.1, -0.05) is 6.92 Å². The molecule has 86 valence electrons. The van der Waals surface area contributed by atoms with Crippen LogP contribution in [0.2, 0.25) is 0 Å². The maximum atomic E-state index is 11.6. The lowest BCUT2D eigenvalue weighted by atomic mass is 9.97. The van der Waals surface area contributed by atoms with E-state index >= 15 is 0 Å². The fraction of sp³-hybridized carbons (Fsp3) is 0.800. The molecule has 1 amide bonds. The van der Waals surface area contributed by atoms with Crippen LogP contribution in [0.5, 0.6) is 0 Å². The molecule has 1 aliphatic rings. The highest BCUT2D eigenvalue weighted by Gasteiger charge is 2.37. The second-order valence-electron chi connectivity index (χ2n) is 3.96. The predicted molar refractivity (Wildman–Crippen MR) is 55.3 cm³/mol. The van der Waals surface area contributed by atoms with Crippen molar-refractivity contribution in [2.75, 3.05) is 13.7 Å². The monoisotopic (exact) mass is 214 g/mol. The van der Waals surface area contributed by atoms with Gasteiger partial charge in [0.2, 0.25) is 5.91 Å². The van der Waals surface area contributed by atoms with Crippen LogP contribution >= 0.6 is 0 Å². The second kappa shape index (κ2) is 4.61. The van der Waals surface area contributed by atoms with Gasteiger partial charge in [0.25, 0.3) is 0 Å². The molecule has 0 aromatic carbocycles. The number of ether oxygens (including phenoxy) is 1. The van der Waals surface area contributed by atoms with E-state index in [0.29, 0.717) is 6.42 Å². The summed E-state index contributed by atoms with van der Waals surface area (Å²) < 4.78 is 4.66. The number of nitrogens with one attached hydrogen (secondary N) is 2. The van der Waals surface area contributed by atoms with Gasteiger partial charge < -0.3 is 15.4 Å². The molecule has 2 atom stereocenters. The lowest BCUT2D eigenvalue weighted by molar-refractivity contribution is -0.150. The fourth-order valence-electron chi connectivity index (χ4n) is 1.38. The predicted octanol–water partition coefficient (Wildman–Crippen LogP) is -0.194. The van der Waals surface area contributed by atoms with Gasteiger partial charge in [-0.15, -0.1) is 0 Å². The van der Waals surface area contributed by atoms with Crippen LogP contribution in [0.15, 0.2) is 0 Å². The van der Waals surface area contributed by atoms with Crippen LogP contribution in [-0.4, -0.2) is 37.1 Å². The maximum Gasteiger partial charge on any atom is 0.331 e. The Balaban J connectivity index is 2.58. The van der Waals surface area contributed by atoms with E-state index in [2.05, 4.69) is 15.4 Å². The molecular formula is C10H18N2O3. The first-order valence-electron chi connectivity index (χ1n) is 5.17. The molecule has 5 heteroatoms. The molecule has 1 unspecified atom stereocenters. The van der Waals surface area contributed by atoms with E-state index in [9.17, 15) is 9.59 Å². The first-order valence-corrected chi connectivity index (χ1v) is 5.17. The molecule has 0 spiro atoms.